The van der Waals surface area contributed by atoms with E-state index in [1.807, 2.05) is 24.3 Å². The van der Waals surface area contributed by atoms with Crippen LogP contribution in [0.3, 0.4) is 0 Å². The van der Waals surface area contributed by atoms with E-state index in [0.29, 0.717) is 22.8 Å². The maximum atomic E-state index is 13.9. The summed E-state index contributed by atoms with van der Waals surface area (Å²) in [7, 11) is 4.68. The monoisotopic (exact) mass is 492 g/mol. The van der Waals surface area contributed by atoms with E-state index in [-0.39, 0.29) is 24.3 Å². The third kappa shape index (κ3) is 5.64. The first-order chi connectivity index (χ1) is 17.5. The maximum Gasteiger partial charge on any atom is 0.290 e. The molecule has 0 spiro atoms. The quantitative estimate of drug-likeness (QED) is 0.439. The lowest BCUT2D eigenvalue weighted by Gasteiger charge is -2.32. The molecule has 1 atom stereocenters. The Hall–Kier alpha value is -3.94. The van der Waals surface area contributed by atoms with E-state index in [4.69, 9.17) is 18.6 Å². The molecule has 8 nitrogen and oxygen atoms in total. The number of hydrogen-bond acceptors (Lipinski definition) is 6. The third-order valence-electron chi connectivity index (χ3n) is 6.46. The first-order valence-corrected chi connectivity index (χ1v) is 12.0. The van der Waals surface area contributed by atoms with E-state index < -0.39 is 11.9 Å². The molecule has 3 aromatic rings. The number of nitrogens with one attached hydrogen (secondary N) is 1. The molecule has 2 aromatic carbocycles. The second-order valence-corrected chi connectivity index (χ2v) is 8.77. The van der Waals surface area contributed by atoms with Gasteiger partial charge >= 0.3 is 0 Å². The van der Waals surface area contributed by atoms with Crippen molar-refractivity contribution in [2.45, 2.75) is 44.3 Å². The molecule has 36 heavy (non-hydrogen) atoms. The van der Waals surface area contributed by atoms with Gasteiger partial charge in [-0.1, -0.05) is 31.0 Å². The minimum Gasteiger partial charge on any atom is -0.497 e. The number of carbonyl (C=O) groups is 2. The van der Waals surface area contributed by atoms with Gasteiger partial charge in [0.1, 0.15) is 11.8 Å². The van der Waals surface area contributed by atoms with Crippen LogP contribution in [0.2, 0.25) is 0 Å². The topological polar surface area (TPSA) is 90.2 Å². The molecule has 1 fully saturated rings. The number of nitrogens with zero attached hydrogens (tertiary/aromatic N) is 1. The molecule has 1 aromatic heterocycles. The lowest BCUT2D eigenvalue weighted by Crippen LogP contribution is -2.45. The van der Waals surface area contributed by atoms with Crippen molar-refractivity contribution in [2.75, 3.05) is 21.3 Å². The Bertz CT molecular complexity index is 1170. The van der Waals surface area contributed by atoms with Crippen LogP contribution in [0.1, 0.15) is 53.4 Å². The summed E-state index contributed by atoms with van der Waals surface area (Å²) < 4.78 is 21.7. The fourth-order valence-corrected chi connectivity index (χ4v) is 4.64. The molecule has 8 heteroatoms. The molecule has 1 N–H and O–H groups in total. The van der Waals surface area contributed by atoms with Crippen molar-refractivity contribution in [2.24, 2.45) is 0 Å². The van der Waals surface area contributed by atoms with Gasteiger partial charge in [0.2, 0.25) is 5.91 Å². The summed E-state index contributed by atoms with van der Waals surface area (Å²) in [6.07, 6.45) is 5.44. The zero-order valence-corrected chi connectivity index (χ0v) is 20.9. The molecule has 190 valence electrons. The van der Waals surface area contributed by atoms with Crippen molar-refractivity contribution >= 4 is 11.8 Å². The Morgan fingerprint density at radius 1 is 0.972 bits per heavy atom. The highest BCUT2D eigenvalue weighted by Gasteiger charge is 2.35. The summed E-state index contributed by atoms with van der Waals surface area (Å²) in [4.78, 5) is 29.1. The summed E-state index contributed by atoms with van der Waals surface area (Å²) in [5.74, 6) is 1.17. The molecule has 1 aliphatic carbocycles. The van der Waals surface area contributed by atoms with Gasteiger partial charge in [-0.05, 0) is 60.4 Å². The summed E-state index contributed by atoms with van der Waals surface area (Å²) in [6.45, 7) is 0.161. The van der Waals surface area contributed by atoms with Crippen LogP contribution in [-0.2, 0) is 11.3 Å². The summed E-state index contributed by atoms with van der Waals surface area (Å²) in [6, 6.07) is 15.1. The summed E-state index contributed by atoms with van der Waals surface area (Å²) in [5.41, 5.74) is 1.42. The highest BCUT2D eigenvalue weighted by molar-refractivity contribution is 5.96. The second kappa shape index (κ2) is 11.7. The molecule has 4 rings (SSSR count). The smallest absolute Gasteiger partial charge is 0.290 e. The molecule has 1 aliphatic rings. The number of carbonyl (C=O) groups excluding carboxylic acids is 2. The van der Waals surface area contributed by atoms with Crippen LogP contribution in [-0.4, -0.2) is 44.1 Å². The molecule has 0 aliphatic heterocycles. The Morgan fingerprint density at radius 2 is 1.75 bits per heavy atom. The lowest BCUT2D eigenvalue weighted by atomic mass is 10.0. The highest BCUT2D eigenvalue weighted by Crippen LogP contribution is 2.34. The molecule has 2 amide bonds. The average molecular weight is 493 g/mol. The Labute approximate surface area is 211 Å². The molecule has 1 saturated carbocycles. The molecule has 0 radical (unpaired) electrons. The van der Waals surface area contributed by atoms with Gasteiger partial charge in [-0.25, -0.2) is 0 Å². The summed E-state index contributed by atoms with van der Waals surface area (Å²) >= 11 is 0. The van der Waals surface area contributed by atoms with Gasteiger partial charge in [0.25, 0.3) is 5.91 Å². The van der Waals surface area contributed by atoms with Crippen LogP contribution in [0.25, 0.3) is 0 Å². The fraction of sp³-hybridized carbons (Fsp3) is 0.357. The van der Waals surface area contributed by atoms with Crippen molar-refractivity contribution in [3.63, 3.8) is 0 Å². The minimum atomic E-state index is -0.936. The van der Waals surface area contributed by atoms with Crippen molar-refractivity contribution in [1.29, 1.82) is 0 Å². The number of ether oxygens (including phenoxy) is 3. The normalized spacial score (nSPS) is 14.2. The number of furan rings is 1. The van der Waals surface area contributed by atoms with Crippen LogP contribution in [0.4, 0.5) is 0 Å². The van der Waals surface area contributed by atoms with Gasteiger partial charge in [-0.3, -0.25) is 9.59 Å². The maximum absolute atomic E-state index is 13.9. The molecule has 1 heterocycles. The van der Waals surface area contributed by atoms with Gasteiger partial charge in [0.15, 0.2) is 17.3 Å². The number of rotatable bonds is 10. The third-order valence-corrected chi connectivity index (χ3v) is 6.46. The highest BCUT2D eigenvalue weighted by atomic mass is 16.5. The first-order valence-electron chi connectivity index (χ1n) is 12.0. The molecule has 0 saturated heterocycles. The zero-order valence-electron chi connectivity index (χ0n) is 20.9. The van der Waals surface area contributed by atoms with Crippen molar-refractivity contribution in [3.8, 4) is 17.2 Å². The summed E-state index contributed by atoms with van der Waals surface area (Å²) in [5, 5.41) is 3.17. The van der Waals surface area contributed by atoms with E-state index >= 15 is 0 Å². The number of benzene rings is 2. The van der Waals surface area contributed by atoms with Crippen molar-refractivity contribution < 1.29 is 28.2 Å². The van der Waals surface area contributed by atoms with E-state index in [2.05, 4.69) is 5.32 Å². The van der Waals surface area contributed by atoms with Gasteiger partial charge in [0, 0.05) is 12.6 Å². The zero-order chi connectivity index (χ0) is 25.5. The SMILES string of the molecule is COc1cccc(CN(C(=O)c2ccco2)[C@H](C(=O)NC2CCCC2)c2ccc(OC)c(OC)c2)c1. The Kier molecular flexibility index (Phi) is 8.15. The van der Waals surface area contributed by atoms with Crippen LogP contribution in [0, 0.1) is 0 Å². The number of amides is 2. The largest absolute Gasteiger partial charge is 0.497 e. The molecule has 0 unspecified atom stereocenters. The standard InChI is InChI=1S/C28H32N2O6/c1-33-22-11-6-8-19(16-22)18-30(28(32)24-12-7-15-36-24)26(27(31)29-21-9-4-5-10-21)20-13-14-23(34-2)25(17-20)35-3/h6-8,11-17,21,26H,4-5,9-10,18H2,1-3H3,(H,29,31)/t26-/m0/s1. The Balaban J connectivity index is 1.79. The minimum absolute atomic E-state index is 0.0810. The fourth-order valence-electron chi connectivity index (χ4n) is 4.64. The van der Waals surface area contributed by atoms with Crippen LogP contribution < -0.4 is 19.5 Å². The van der Waals surface area contributed by atoms with E-state index in [1.54, 1.807) is 44.6 Å². The van der Waals surface area contributed by atoms with E-state index in [9.17, 15) is 9.59 Å². The molecular weight excluding hydrogens is 460 g/mol. The van der Waals surface area contributed by atoms with Crippen molar-refractivity contribution in [3.05, 3.63) is 77.7 Å². The molecular formula is C28H32N2O6. The predicted molar refractivity (Wildman–Crippen MR) is 134 cm³/mol. The van der Waals surface area contributed by atoms with Gasteiger partial charge in [0.05, 0.1) is 27.6 Å². The van der Waals surface area contributed by atoms with Crippen LogP contribution in [0.5, 0.6) is 17.2 Å². The van der Waals surface area contributed by atoms with Gasteiger partial charge in [-0.15, -0.1) is 0 Å². The van der Waals surface area contributed by atoms with Gasteiger partial charge in [-0.2, -0.15) is 0 Å². The average Bonchev–Trinajstić information content (AvgIpc) is 3.63. The lowest BCUT2D eigenvalue weighted by molar-refractivity contribution is -0.126. The molecule has 0 bridgehead atoms. The van der Waals surface area contributed by atoms with E-state index in [1.165, 1.54) is 18.3 Å². The number of hydrogen-bond donors (Lipinski definition) is 1. The van der Waals surface area contributed by atoms with Crippen LogP contribution >= 0.6 is 0 Å². The Morgan fingerprint density at radius 3 is 2.42 bits per heavy atom. The van der Waals surface area contributed by atoms with Crippen molar-refractivity contribution in [1.82, 2.24) is 10.2 Å². The van der Waals surface area contributed by atoms with Gasteiger partial charge < -0.3 is 28.8 Å². The predicted octanol–water partition coefficient (Wildman–Crippen LogP) is 4.75. The second-order valence-electron chi connectivity index (χ2n) is 8.77. The first kappa shape index (κ1) is 25.2. The van der Waals surface area contributed by atoms with E-state index in [0.717, 1.165) is 31.2 Å². The number of methoxy groups -OCH3 is 3. The van der Waals surface area contributed by atoms with Crippen LogP contribution in [0.15, 0.2) is 65.3 Å².